The van der Waals surface area contributed by atoms with Crippen LogP contribution in [0.3, 0.4) is 0 Å². The van der Waals surface area contributed by atoms with Crippen LogP contribution in [0.5, 0.6) is 0 Å². The van der Waals surface area contributed by atoms with Crippen LogP contribution in [-0.4, -0.2) is 46.6 Å². The second-order valence-corrected chi connectivity index (χ2v) is 9.42. The first-order chi connectivity index (χ1) is 18.8. The number of aromatic nitrogens is 1. The van der Waals surface area contributed by atoms with Crippen LogP contribution in [0.2, 0.25) is 5.02 Å². The number of halogens is 1. The molecule has 5 rings (SSSR count). The Bertz CT molecular complexity index is 1550. The summed E-state index contributed by atoms with van der Waals surface area (Å²) in [7, 11) is 0. The third kappa shape index (κ3) is 5.41. The summed E-state index contributed by atoms with van der Waals surface area (Å²) in [6.07, 6.45) is 0.650. The van der Waals surface area contributed by atoms with E-state index >= 15 is 0 Å². The largest absolute Gasteiger partial charge is 0.474 e. The number of carboxylic acid groups (broad SMARTS) is 1. The minimum absolute atomic E-state index is 0.0327. The Hall–Kier alpha value is -4.83. The van der Waals surface area contributed by atoms with Crippen LogP contribution in [0, 0.1) is 0 Å². The van der Waals surface area contributed by atoms with Gasteiger partial charge in [-0.3, -0.25) is 15.0 Å². The van der Waals surface area contributed by atoms with Crippen LogP contribution >= 0.6 is 11.6 Å². The van der Waals surface area contributed by atoms with E-state index in [-0.39, 0.29) is 18.9 Å². The number of aromatic amines is 1. The fourth-order valence-electron chi connectivity index (χ4n) is 4.80. The first kappa shape index (κ1) is 25.8. The van der Waals surface area contributed by atoms with Crippen molar-refractivity contribution < 1.29 is 29.0 Å². The van der Waals surface area contributed by atoms with Crippen LogP contribution in [0.15, 0.2) is 72.9 Å². The Balaban J connectivity index is 1.23. The van der Waals surface area contributed by atoms with Gasteiger partial charge in [0, 0.05) is 34.5 Å². The number of carbonyl (C=O) groups is 4. The van der Waals surface area contributed by atoms with Gasteiger partial charge in [-0.25, -0.2) is 15.0 Å². The van der Waals surface area contributed by atoms with Crippen molar-refractivity contribution in [2.45, 2.75) is 18.4 Å². The summed E-state index contributed by atoms with van der Waals surface area (Å²) in [5.41, 5.74) is 9.95. The third-order valence-corrected chi connectivity index (χ3v) is 6.84. The molecule has 1 heterocycles. The van der Waals surface area contributed by atoms with Gasteiger partial charge < -0.3 is 20.1 Å². The summed E-state index contributed by atoms with van der Waals surface area (Å²) >= 11 is 6.09. The zero-order valence-electron chi connectivity index (χ0n) is 20.4. The molecular formula is C28H23ClN4O6. The molecule has 4 aromatic rings. The summed E-state index contributed by atoms with van der Waals surface area (Å²) in [5.74, 6) is -4.13. The van der Waals surface area contributed by atoms with Gasteiger partial charge in [0.05, 0.1) is 0 Å². The molecule has 1 aromatic heterocycles. The van der Waals surface area contributed by atoms with Crippen LogP contribution in [0.25, 0.3) is 22.0 Å². The van der Waals surface area contributed by atoms with E-state index < -0.39 is 29.9 Å². The van der Waals surface area contributed by atoms with E-state index in [4.69, 9.17) is 21.4 Å². The molecule has 0 bridgehead atoms. The van der Waals surface area contributed by atoms with Gasteiger partial charge in [-0.1, -0.05) is 60.1 Å². The molecule has 3 aromatic carbocycles. The highest BCUT2D eigenvalue weighted by Crippen LogP contribution is 2.44. The SMILES string of the molecule is O=C(NNC(=O)C(Cc1c[nH]c2ccc(Cl)cc12)NC(=O)C(=O)O)OCC1c2ccccc2-c2ccccc21. The molecule has 11 heteroatoms. The van der Waals surface area contributed by atoms with E-state index in [9.17, 15) is 19.2 Å². The van der Waals surface area contributed by atoms with Crippen molar-refractivity contribution in [1.82, 2.24) is 21.2 Å². The van der Waals surface area contributed by atoms with E-state index in [1.807, 2.05) is 48.5 Å². The highest BCUT2D eigenvalue weighted by Gasteiger charge is 2.30. The zero-order chi connectivity index (χ0) is 27.5. The quantitative estimate of drug-likeness (QED) is 0.184. The maximum absolute atomic E-state index is 12.9. The number of hydrogen-bond acceptors (Lipinski definition) is 5. The lowest BCUT2D eigenvalue weighted by atomic mass is 9.98. The highest BCUT2D eigenvalue weighted by atomic mass is 35.5. The van der Waals surface area contributed by atoms with Gasteiger partial charge in [-0.2, -0.15) is 0 Å². The van der Waals surface area contributed by atoms with E-state index in [2.05, 4.69) is 21.2 Å². The fourth-order valence-corrected chi connectivity index (χ4v) is 4.98. The average molecular weight is 547 g/mol. The predicted octanol–water partition coefficient (Wildman–Crippen LogP) is 3.50. The first-order valence-electron chi connectivity index (χ1n) is 12.0. The van der Waals surface area contributed by atoms with Crippen molar-refractivity contribution in [3.8, 4) is 11.1 Å². The number of fused-ring (bicyclic) bond motifs is 4. The van der Waals surface area contributed by atoms with Crippen molar-refractivity contribution in [2.24, 2.45) is 0 Å². The number of carboxylic acids is 1. The number of ether oxygens (including phenoxy) is 1. The predicted molar refractivity (Wildman–Crippen MR) is 143 cm³/mol. The topological polar surface area (TPSA) is 150 Å². The van der Waals surface area contributed by atoms with Crippen molar-refractivity contribution >= 4 is 46.4 Å². The Morgan fingerprint density at radius 1 is 0.949 bits per heavy atom. The summed E-state index contributed by atoms with van der Waals surface area (Å²) in [5, 5.41) is 12.4. The lowest BCUT2D eigenvalue weighted by molar-refractivity contribution is -0.151. The number of aliphatic carboxylic acids is 1. The molecular weight excluding hydrogens is 524 g/mol. The summed E-state index contributed by atoms with van der Waals surface area (Å²) in [4.78, 5) is 51.4. The van der Waals surface area contributed by atoms with Crippen molar-refractivity contribution in [2.75, 3.05) is 6.61 Å². The highest BCUT2D eigenvalue weighted by molar-refractivity contribution is 6.32. The number of carbonyl (C=O) groups excluding carboxylic acids is 3. The Morgan fingerprint density at radius 3 is 2.28 bits per heavy atom. The zero-order valence-corrected chi connectivity index (χ0v) is 21.1. The second kappa shape index (κ2) is 10.9. The monoisotopic (exact) mass is 546 g/mol. The normalized spacial score (nSPS) is 12.7. The van der Waals surface area contributed by atoms with E-state index in [1.54, 1.807) is 24.4 Å². The number of rotatable bonds is 6. The van der Waals surface area contributed by atoms with Gasteiger partial charge in [0.1, 0.15) is 12.6 Å². The molecule has 0 spiro atoms. The average Bonchev–Trinajstić information content (AvgIpc) is 3.48. The van der Waals surface area contributed by atoms with Gasteiger partial charge in [0.25, 0.3) is 5.91 Å². The number of hydrazine groups is 1. The van der Waals surface area contributed by atoms with Crippen LogP contribution in [0.1, 0.15) is 22.6 Å². The van der Waals surface area contributed by atoms with Gasteiger partial charge in [0.2, 0.25) is 0 Å². The molecule has 1 unspecified atom stereocenters. The Kier molecular flexibility index (Phi) is 7.20. The summed E-state index contributed by atoms with van der Waals surface area (Å²) in [6, 6.07) is 19.6. The van der Waals surface area contributed by atoms with Crippen LogP contribution in [0.4, 0.5) is 4.79 Å². The standard InChI is InChI=1S/C28H23ClN4O6/c29-16-9-10-23-21(12-16)15(13-30-23)11-24(31-26(35)27(36)37)25(34)32-33-28(38)39-14-22-19-7-3-1-5-17(19)18-6-2-4-8-20(18)22/h1-10,12-13,22,24,30H,11,14H2,(H,31,35)(H,32,34)(H,33,38)(H,36,37). The molecule has 39 heavy (non-hydrogen) atoms. The van der Waals surface area contributed by atoms with Gasteiger partial charge in [0.15, 0.2) is 0 Å². The molecule has 10 nitrogen and oxygen atoms in total. The molecule has 1 aliphatic rings. The van der Waals surface area contributed by atoms with E-state index in [1.165, 1.54) is 0 Å². The number of hydrogen-bond donors (Lipinski definition) is 5. The van der Waals surface area contributed by atoms with Gasteiger partial charge in [-0.15, -0.1) is 0 Å². The summed E-state index contributed by atoms with van der Waals surface area (Å²) in [6.45, 7) is 0.0327. The molecule has 0 fully saturated rings. The lowest BCUT2D eigenvalue weighted by Gasteiger charge is -2.18. The van der Waals surface area contributed by atoms with Crippen molar-refractivity contribution in [3.63, 3.8) is 0 Å². The van der Waals surface area contributed by atoms with E-state index in [0.29, 0.717) is 16.0 Å². The van der Waals surface area contributed by atoms with Gasteiger partial charge >= 0.3 is 18.0 Å². The molecule has 1 aliphatic carbocycles. The maximum Gasteiger partial charge on any atom is 0.426 e. The minimum Gasteiger partial charge on any atom is -0.474 e. The van der Waals surface area contributed by atoms with Crippen LogP contribution in [-0.2, 0) is 25.5 Å². The number of H-pyrrole nitrogens is 1. The molecule has 0 aliphatic heterocycles. The maximum atomic E-state index is 12.9. The Labute approximate surface area is 227 Å². The molecule has 198 valence electrons. The molecule has 1 atom stereocenters. The van der Waals surface area contributed by atoms with E-state index in [0.717, 1.165) is 27.8 Å². The van der Waals surface area contributed by atoms with Crippen molar-refractivity contribution in [3.05, 3.63) is 94.6 Å². The third-order valence-electron chi connectivity index (χ3n) is 6.60. The number of amides is 3. The minimum atomic E-state index is -1.75. The molecule has 0 saturated heterocycles. The van der Waals surface area contributed by atoms with Crippen LogP contribution < -0.4 is 16.2 Å². The molecule has 3 amide bonds. The smallest absolute Gasteiger partial charge is 0.426 e. The second-order valence-electron chi connectivity index (χ2n) is 8.98. The number of nitrogens with one attached hydrogen (secondary N) is 4. The molecule has 0 radical (unpaired) electrons. The molecule has 5 N–H and O–H groups in total. The lowest BCUT2D eigenvalue weighted by Crippen LogP contribution is -2.54. The Morgan fingerprint density at radius 2 is 1.62 bits per heavy atom. The number of benzene rings is 3. The van der Waals surface area contributed by atoms with Crippen molar-refractivity contribution in [1.29, 1.82) is 0 Å². The fraction of sp³-hybridized carbons (Fsp3) is 0.143. The summed E-state index contributed by atoms with van der Waals surface area (Å²) < 4.78 is 5.40. The molecule has 0 saturated carbocycles. The first-order valence-corrected chi connectivity index (χ1v) is 12.4. The van der Waals surface area contributed by atoms with Gasteiger partial charge in [-0.05, 0) is 46.0 Å².